The number of hydrogen-bond donors (Lipinski definition) is 1. The van der Waals surface area contributed by atoms with Gasteiger partial charge in [0.1, 0.15) is 5.69 Å². The number of methoxy groups -OCH3 is 1. The Morgan fingerprint density at radius 3 is 2.56 bits per heavy atom. The second kappa shape index (κ2) is 6.76. The van der Waals surface area contributed by atoms with Crippen LogP contribution < -0.4 is 10.1 Å². The van der Waals surface area contributed by atoms with Gasteiger partial charge in [-0.2, -0.15) is 13.2 Å². The van der Waals surface area contributed by atoms with E-state index < -0.39 is 11.9 Å². The van der Waals surface area contributed by atoms with E-state index in [1.165, 1.54) is 7.11 Å². The third-order valence-corrected chi connectivity index (χ3v) is 3.29. The summed E-state index contributed by atoms with van der Waals surface area (Å²) in [5.41, 5.74) is 0.987. The van der Waals surface area contributed by atoms with Gasteiger partial charge in [-0.3, -0.25) is 0 Å². The molecule has 5 nitrogen and oxygen atoms in total. The SMILES string of the molecule is COc1cccc(-c2cccc(Nc3nccc(C(F)(F)F)n3)c2)n1. The Balaban J connectivity index is 1.87. The molecule has 1 aromatic carbocycles. The fourth-order valence-corrected chi connectivity index (χ4v) is 2.15. The quantitative estimate of drug-likeness (QED) is 0.763. The summed E-state index contributed by atoms with van der Waals surface area (Å²) in [5, 5.41) is 2.77. The number of anilines is 2. The van der Waals surface area contributed by atoms with Crippen molar-refractivity contribution < 1.29 is 17.9 Å². The molecule has 2 heterocycles. The zero-order valence-corrected chi connectivity index (χ0v) is 13.1. The first kappa shape index (κ1) is 16.7. The molecule has 3 rings (SSSR count). The van der Waals surface area contributed by atoms with E-state index in [-0.39, 0.29) is 5.95 Å². The van der Waals surface area contributed by atoms with E-state index in [4.69, 9.17) is 4.74 Å². The lowest BCUT2D eigenvalue weighted by Crippen LogP contribution is -2.10. The van der Waals surface area contributed by atoms with Crippen molar-refractivity contribution in [1.29, 1.82) is 0 Å². The highest BCUT2D eigenvalue weighted by Crippen LogP contribution is 2.28. The van der Waals surface area contributed by atoms with E-state index in [0.29, 0.717) is 17.3 Å². The molecule has 2 aromatic heterocycles. The normalized spacial score (nSPS) is 11.2. The van der Waals surface area contributed by atoms with Crippen LogP contribution in [0.2, 0.25) is 0 Å². The fourth-order valence-electron chi connectivity index (χ4n) is 2.15. The van der Waals surface area contributed by atoms with Gasteiger partial charge >= 0.3 is 6.18 Å². The van der Waals surface area contributed by atoms with E-state index in [1.807, 2.05) is 12.1 Å². The number of pyridine rings is 1. The second-order valence-corrected chi connectivity index (χ2v) is 5.03. The summed E-state index contributed by atoms with van der Waals surface area (Å²) in [5.74, 6) is 0.336. The average molecular weight is 346 g/mol. The van der Waals surface area contributed by atoms with Crippen LogP contribution in [0.4, 0.5) is 24.8 Å². The van der Waals surface area contributed by atoms with Crippen molar-refractivity contribution >= 4 is 11.6 Å². The summed E-state index contributed by atoms with van der Waals surface area (Å²) < 4.78 is 43.3. The first-order valence-corrected chi connectivity index (χ1v) is 7.24. The highest BCUT2D eigenvalue weighted by atomic mass is 19.4. The molecule has 0 fully saturated rings. The summed E-state index contributed by atoms with van der Waals surface area (Å²) in [6.07, 6.45) is -3.46. The molecule has 0 amide bonds. The maximum atomic E-state index is 12.7. The Morgan fingerprint density at radius 1 is 1.00 bits per heavy atom. The Bertz CT molecular complexity index is 884. The molecule has 1 N–H and O–H groups in total. The summed E-state index contributed by atoms with van der Waals surface area (Å²) in [4.78, 5) is 11.6. The van der Waals surface area contributed by atoms with Gasteiger partial charge in [-0.1, -0.05) is 18.2 Å². The van der Waals surface area contributed by atoms with Crippen molar-refractivity contribution in [2.75, 3.05) is 12.4 Å². The molecule has 128 valence electrons. The predicted octanol–water partition coefficient (Wildman–Crippen LogP) is 4.31. The summed E-state index contributed by atoms with van der Waals surface area (Å²) in [6, 6.07) is 13.2. The highest BCUT2D eigenvalue weighted by Gasteiger charge is 2.32. The molecule has 0 bridgehead atoms. The van der Waals surface area contributed by atoms with E-state index in [0.717, 1.165) is 17.8 Å². The second-order valence-electron chi connectivity index (χ2n) is 5.03. The zero-order valence-electron chi connectivity index (χ0n) is 13.1. The molecule has 0 atom stereocenters. The van der Waals surface area contributed by atoms with Crippen LogP contribution in [-0.2, 0) is 6.18 Å². The molecular formula is C17H13F3N4O. The molecule has 8 heteroatoms. The van der Waals surface area contributed by atoms with E-state index in [2.05, 4.69) is 20.3 Å². The van der Waals surface area contributed by atoms with Crippen molar-refractivity contribution in [3.63, 3.8) is 0 Å². The fraction of sp³-hybridized carbons (Fsp3) is 0.118. The lowest BCUT2D eigenvalue weighted by Gasteiger charge is -2.10. The first-order valence-electron chi connectivity index (χ1n) is 7.24. The number of nitrogens with one attached hydrogen (secondary N) is 1. The van der Waals surface area contributed by atoms with Gasteiger partial charge in [0.25, 0.3) is 0 Å². The predicted molar refractivity (Wildman–Crippen MR) is 86.5 cm³/mol. The van der Waals surface area contributed by atoms with Crippen LogP contribution in [0, 0.1) is 0 Å². The number of halogens is 3. The number of nitrogens with zero attached hydrogens (tertiary/aromatic N) is 3. The van der Waals surface area contributed by atoms with Gasteiger partial charge < -0.3 is 10.1 Å². The Hall–Kier alpha value is -3.16. The van der Waals surface area contributed by atoms with Crippen molar-refractivity contribution in [1.82, 2.24) is 15.0 Å². The number of benzene rings is 1. The maximum absolute atomic E-state index is 12.7. The molecule has 25 heavy (non-hydrogen) atoms. The van der Waals surface area contributed by atoms with E-state index in [9.17, 15) is 13.2 Å². The van der Waals surface area contributed by atoms with E-state index >= 15 is 0 Å². The van der Waals surface area contributed by atoms with E-state index in [1.54, 1.807) is 30.3 Å². The molecule has 0 aliphatic carbocycles. The van der Waals surface area contributed by atoms with Gasteiger partial charge in [-0.25, -0.2) is 15.0 Å². The van der Waals surface area contributed by atoms with Gasteiger partial charge in [0.15, 0.2) is 0 Å². The number of aromatic nitrogens is 3. The Morgan fingerprint density at radius 2 is 1.80 bits per heavy atom. The molecule has 0 saturated heterocycles. The molecule has 0 unspecified atom stereocenters. The molecule has 3 aromatic rings. The van der Waals surface area contributed by atoms with Crippen LogP contribution in [0.3, 0.4) is 0 Å². The monoisotopic (exact) mass is 346 g/mol. The number of ether oxygens (including phenoxy) is 1. The minimum Gasteiger partial charge on any atom is -0.481 e. The molecular weight excluding hydrogens is 333 g/mol. The van der Waals surface area contributed by atoms with Gasteiger partial charge in [-0.15, -0.1) is 0 Å². The van der Waals surface area contributed by atoms with Crippen molar-refractivity contribution in [2.24, 2.45) is 0 Å². The van der Waals surface area contributed by atoms with Crippen LogP contribution in [0.1, 0.15) is 5.69 Å². The van der Waals surface area contributed by atoms with Crippen molar-refractivity contribution in [3.05, 3.63) is 60.4 Å². The molecule has 0 aliphatic heterocycles. The smallest absolute Gasteiger partial charge is 0.433 e. The van der Waals surface area contributed by atoms with Crippen LogP contribution in [0.25, 0.3) is 11.3 Å². The number of hydrogen-bond acceptors (Lipinski definition) is 5. The summed E-state index contributed by atoms with van der Waals surface area (Å²) >= 11 is 0. The van der Waals surface area contributed by atoms with Crippen LogP contribution in [0.15, 0.2) is 54.7 Å². The minimum atomic E-state index is -4.52. The van der Waals surface area contributed by atoms with Gasteiger partial charge in [0, 0.05) is 23.5 Å². The average Bonchev–Trinajstić information content (AvgIpc) is 2.61. The van der Waals surface area contributed by atoms with Crippen LogP contribution in [-0.4, -0.2) is 22.1 Å². The molecule has 0 radical (unpaired) electrons. The van der Waals surface area contributed by atoms with Crippen LogP contribution in [0.5, 0.6) is 5.88 Å². The largest absolute Gasteiger partial charge is 0.481 e. The number of rotatable bonds is 4. The first-order chi connectivity index (χ1) is 12.0. The van der Waals surface area contributed by atoms with Crippen molar-refractivity contribution in [3.8, 4) is 17.1 Å². The van der Waals surface area contributed by atoms with Crippen molar-refractivity contribution in [2.45, 2.75) is 6.18 Å². The molecule has 0 saturated carbocycles. The third kappa shape index (κ3) is 4.03. The lowest BCUT2D eigenvalue weighted by molar-refractivity contribution is -0.141. The Kier molecular flexibility index (Phi) is 4.51. The van der Waals surface area contributed by atoms with Crippen LogP contribution >= 0.6 is 0 Å². The Labute approximate surface area is 141 Å². The maximum Gasteiger partial charge on any atom is 0.433 e. The zero-order chi connectivity index (χ0) is 17.9. The standard InChI is InChI=1S/C17H13F3N4O/c1-25-15-7-3-6-13(23-15)11-4-2-5-12(10-11)22-16-21-9-8-14(24-16)17(18,19)20/h2-10H,1H3,(H,21,22,24). The summed E-state index contributed by atoms with van der Waals surface area (Å²) in [7, 11) is 1.52. The van der Waals surface area contributed by atoms with Gasteiger partial charge in [0.05, 0.1) is 12.8 Å². The molecule has 0 aliphatic rings. The number of alkyl halides is 3. The lowest BCUT2D eigenvalue weighted by atomic mass is 10.1. The topological polar surface area (TPSA) is 59.9 Å². The van der Waals surface area contributed by atoms with Gasteiger partial charge in [0.2, 0.25) is 11.8 Å². The van der Waals surface area contributed by atoms with Gasteiger partial charge in [-0.05, 0) is 24.3 Å². The minimum absolute atomic E-state index is 0.134. The molecule has 0 spiro atoms. The summed E-state index contributed by atoms with van der Waals surface area (Å²) in [6.45, 7) is 0. The third-order valence-electron chi connectivity index (χ3n) is 3.29. The highest BCUT2D eigenvalue weighted by molar-refractivity contribution is 5.67.